The van der Waals surface area contributed by atoms with Gasteiger partial charge in [0.2, 0.25) is 0 Å². The van der Waals surface area contributed by atoms with Gasteiger partial charge in [-0.1, -0.05) is 42.8 Å². The molecule has 0 aliphatic heterocycles. The molecule has 1 heterocycles. The number of nitrogens with zero attached hydrogens (tertiary/aromatic N) is 2. The summed E-state index contributed by atoms with van der Waals surface area (Å²) >= 11 is 1.57. The van der Waals surface area contributed by atoms with E-state index in [9.17, 15) is 4.79 Å². The fourth-order valence-corrected chi connectivity index (χ4v) is 3.73. The quantitative estimate of drug-likeness (QED) is 0.474. The molecule has 0 radical (unpaired) electrons. The molecular formula is C24H28N2O2S. The maximum Gasteiger partial charge on any atom is 0.254 e. The van der Waals surface area contributed by atoms with Crippen molar-refractivity contribution in [1.82, 2.24) is 9.88 Å². The van der Waals surface area contributed by atoms with E-state index in [1.165, 1.54) is 0 Å². The number of hydrogen-bond acceptors (Lipinski definition) is 4. The van der Waals surface area contributed by atoms with Gasteiger partial charge in [-0.05, 0) is 51.0 Å². The summed E-state index contributed by atoms with van der Waals surface area (Å²) in [5.41, 5.74) is 3.87. The lowest BCUT2D eigenvalue weighted by Crippen LogP contribution is -2.37. The van der Waals surface area contributed by atoms with Crippen LogP contribution in [-0.2, 0) is 13.2 Å². The third kappa shape index (κ3) is 5.45. The number of benzene rings is 2. The van der Waals surface area contributed by atoms with Crippen LogP contribution in [-0.4, -0.2) is 21.8 Å². The Morgan fingerprint density at radius 3 is 2.55 bits per heavy atom. The summed E-state index contributed by atoms with van der Waals surface area (Å²) in [6.07, 6.45) is 0.894. The molecule has 0 spiro atoms. The van der Waals surface area contributed by atoms with Crippen molar-refractivity contribution in [2.24, 2.45) is 0 Å². The topological polar surface area (TPSA) is 42.4 Å². The van der Waals surface area contributed by atoms with Crippen LogP contribution in [0.4, 0.5) is 0 Å². The minimum absolute atomic E-state index is 0.0464. The lowest BCUT2D eigenvalue weighted by atomic mass is 10.1. The Morgan fingerprint density at radius 2 is 1.86 bits per heavy atom. The Kier molecular flexibility index (Phi) is 7.04. The third-order valence-corrected chi connectivity index (χ3v) is 5.93. The van der Waals surface area contributed by atoms with Crippen molar-refractivity contribution in [2.75, 3.05) is 0 Å². The highest BCUT2D eigenvalue weighted by atomic mass is 32.1. The smallest absolute Gasteiger partial charge is 0.254 e. The summed E-state index contributed by atoms with van der Waals surface area (Å²) < 4.78 is 5.91. The molecule has 1 atom stereocenters. The van der Waals surface area contributed by atoms with E-state index in [-0.39, 0.29) is 11.9 Å². The number of aryl methyl sites for hydroxylation is 2. The van der Waals surface area contributed by atoms with E-state index in [1.807, 2.05) is 72.7 Å². The first kappa shape index (κ1) is 21.1. The van der Waals surface area contributed by atoms with Crippen molar-refractivity contribution in [3.8, 4) is 5.75 Å². The van der Waals surface area contributed by atoms with E-state index in [0.29, 0.717) is 18.7 Å². The van der Waals surface area contributed by atoms with Gasteiger partial charge in [-0.3, -0.25) is 4.79 Å². The number of amides is 1. The van der Waals surface area contributed by atoms with Crippen molar-refractivity contribution in [2.45, 2.75) is 53.3 Å². The number of hydrogen-bond donors (Lipinski definition) is 0. The molecule has 29 heavy (non-hydrogen) atoms. The van der Waals surface area contributed by atoms with Gasteiger partial charge in [-0.2, -0.15) is 0 Å². The van der Waals surface area contributed by atoms with Gasteiger partial charge in [0.05, 0.1) is 12.2 Å². The molecule has 0 aliphatic carbocycles. The Hall–Kier alpha value is -2.66. The summed E-state index contributed by atoms with van der Waals surface area (Å²) in [6, 6.07) is 15.9. The molecule has 0 fully saturated rings. The van der Waals surface area contributed by atoms with E-state index in [0.717, 1.165) is 34.0 Å². The second-order valence-corrected chi connectivity index (χ2v) is 8.29. The molecule has 0 bridgehead atoms. The minimum atomic E-state index is 0.0464. The first-order valence-corrected chi connectivity index (χ1v) is 10.8. The molecule has 0 aliphatic rings. The minimum Gasteiger partial charge on any atom is -0.486 e. The zero-order chi connectivity index (χ0) is 20.8. The molecule has 3 rings (SSSR count). The van der Waals surface area contributed by atoms with Crippen LogP contribution in [0.2, 0.25) is 0 Å². The van der Waals surface area contributed by atoms with Gasteiger partial charge in [0.1, 0.15) is 17.4 Å². The van der Waals surface area contributed by atoms with E-state index in [4.69, 9.17) is 9.72 Å². The SMILES string of the molecule is CCC(C)N(Cc1csc(COc2ccccc2C)n1)C(=O)c1ccc(C)cc1. The Morgan fingerprint density at radius 1 is 1.14 bits per heavy atom. The van der Waals surface area contributed by atoms with Gasteiger partial charge >= 0.3 is 0 Å². The van der Waals surface area contributed by atoms with Gasteiger partial charge in [-0.15, -0.1) is 11.3 Å². The third-order valence-electron chi connectivity index (χ3n) is 5.06. The van der Waals surface area contributed by atoms with Crippen LogP contribution in [0.25, 0.3) is 0 Å². The highest BCUT2D eigenvalue weighted by Gasteiger charge is 2.22. The Labute approximate surface area is 177 Å². The number of carbonyl (C=O) groups is 1. The molecule has 1 unspecified atom stereocenters. The van der Waals surface area contributed by atoms with Gasteiger partial charge in [0.25, 0.3) is 5.91 Å². The first-order chi connectivity index (χ1) is 14.0. The average Bonchev–Trinajstić information content (AvgIpc) is 3.18. The predicted octanol–water partition coefficient (Wildman–Crippen LogP) is 5.78. The molecular weight excluding hydrogens is 380 g/mol. The number of carbonyl (C=O) groups excluding carboxylic acids is 1. The number of aromatic nitrogens is 1. The van der Waals surface area contributed by atoms with E-state index < -0.39 is 0 Å². The molecule has 152 valence electrons. The van der Waals surface area contributed by atoms with Gasteiger partial charge in [0.15, 0.2) is 0 Å². The van der Waals surface area contributed by atoms with Crippen LogP contribution >= 0.6 is 11.3 Å². The number of ether oxygens (including phenoxy) is 1. The molecule has 2 aromatic carbocycles. The van der Waals surface area contributed by atoms with Gasteiger partial charge in [0, 0.05) is 17.0 Å². The molecule has 0 saturated carbocycles. The molecule has 0 saturated heterocycles. The molecule has 1 amide bonds. The Balaban J connectivity index is 1.69. The van der Waals surface area contributed by atoms with Crippen LogP contribution in [0.1, 0.15) is 52.5 Å². The number of rotatable bonds is 8. The summed E-state index contributed by atoms with van der Waals surface area (Å²) in [5, 5.41) is 2.93. The molecule has 1 aromatic heterocycles. The molecule has 3 aromatic rings. The molecule has 4 nitrogen and oxygen atoms in total. The second kappa shape index (κ2) is 9.70. The maximum atomic E-state index is 13.1. The first-order valence-electron chi connectivity index (χ1n) is 9.97. The van der Waals surface area contributed by atoms with E-state index in [2.05, 4.69) is 13.8 Å². The zero-order valence-electron chi connectivity index (χ0n) is 17.5. The largest absolute Gasteiger partial charge is 0.486 e. The van der Waals surface area contributed by atoms with Gasteiger partial charge < -0.3 is 9.64 Å². The standard InChI is InChI=1S/C24H28N2O2S/c1-5-19(4)26(24(27)20-12-10-17(2)11-13-20)14-21-16-29-23(25-21)15-28-22-9-7-6-8-18(22)3/h6-13,16,19H,5,14-15H2,1-4H3. The fraction of sp³-hybridized carbons (Fsp3) is 0.333. The highest BCUT2D eigenvalue weighted by Crippen LogP contribution is 2.21. The van der Waals surface area contributed by atoms with Crippen molar-refractivity contribution in [3.63, 3.8) is 0 Å². The predicted molar refractivity (Wildman–Crippen MR) is 118 cm³/mol. The van der Waals surface area contributed by atoms with Crippen molar-refractivity contribution in [1.29, 1.82) is 0 Å². The fourth-order valence-electron chi connectivity index (χ4n) is 3.03. The lowest BCUT2D eigenvalue weighted by molar-refractivity contribution is 0.0669. The van der Waals surface area contributed by atoms with Crippen molar-refractivity contribution < 1.29 is 9.53 Å². The second-order valence-electron chi connectivity index (χ2n) is 7.34. The molecule has 5 heteroatoms. The van der Waals surface area contributed by atoms with Crippen LogP contribution in [0.5, 0.6) is 5.75 Å². The highest BCUT2D eigenvalue weighted by molar-refractivity contribution is 7.09. The van der Waals surface area contributed by atoms with E-state index >= 15 is 0 Å². The monoisotopic (exact) mass is 408 g/mol. The van der Waals surface area contributed by atoms with Gasteiger partial charge in [-0.25, -0.2) is 4.98 Å². The van der Waals surface area contributed by atoms with Crippen LogP contribution < -0.4 is 4.74 Å². The summed E-state index contributed by atoms with van der Waals surface area (Å²) in [5.74, 6) is 0.921. The van der Waals surface area contributed by atoms with Crippen LogP contribution in [0, 0.1) is 13.8 Å². The van der Waals surface area contributed by atoms with Crippen LogP contribution in [0.3, 0.4) is 0 Å². The van der Waals surface area contributed by atoms with Crippen LogP contribution in [0.15, 0.2) is 53.9 Å². The van der Waals surface area contributed by atoms with Crippen molar-refractivity contribution in [3.05, 3.63) is 81.3 Å². The molecule has 0 N–H and O–H groups in total. The maximum absolute atomic E-state index is 13.1. The van der Waals surface area contributed by atoms with E-state index in [1.54, 1.807) is 11.3 Å². The zero-order valence-corrected chi connectivity index (χ0v) is 18.3. The Bertz CT molecular complexity index is 950. The van der Waals surface area contributed by atoms with Crippen molar-refractivity contribution >= 4 is 17.2 Å². The number of para-hydroxylation sites is 1. The number of thiazole rings is 1. The summed E-state index contributed by atoms with van der Waals surface area (Å²) in [7, 11) is 0. The normalized spacial score (nSPS) is 11.9. The average molecular weight is 409 g/mol. The summed E-state index contributed by atoms with van der Waals surface area (Å²) in [6.45, 7) is 9.18. The lowest BCUT2D eigenvalue weighted by Gasteiger charge is -2.28. The summed E-state index contributed by atoms with van der Waals surface area (Å²) in [4.78, 5) is 19.7.